The Balaban J connectivity index is 1.57. The number of amides is 1. The first-order valence-corrected chi connectivity index (χ1v) is 10.7. The number of carbonyl (C=O) groups is 1. The third-order valence-corrected chi connectivity index (χ3v) is 5.43. The Labute approximate surface area is 171 Å². The van der Waals surface area contributed by atoms with E-state index in [4.69, 9.17) is 0 Å². The standard InChI is InChI=1S/C21H21N5O2S/c1-29-11-10-17(20-23-15-8-4-5-9-16(15)24-20)22-19(27)12-18-13-6-2-3-7-14(13)21(28)26-25-18/h2-9,17H,10-12H2,1H3,(H,22,27)(H,23,24)(H,26,28). The quantitative estimate of drug-likeness (QED) is 0.437. The maximum Gasteiger partial charge on any atom is 0.272 e. The Morgan fingerprint density at radius 3 is 2.69 bits per heavy atom. The summed E-state index contributed by atoms with van der Waals surface area (Å²) in [7, 11) is 0. The fraction of sp³-hybridized carbons (Fsp3) is 0.238. The van der Waals surface area contributed by atoms with Crippen molar-refractivity contribution in [2.75, 3.05) is 12.0 Å². The Kier molecular flexibility index (Phi) is 5.62. The Bertz CT molecular complexity index is 1180. The van der Waals surface area contributed by atoms with Gasteiger partial charge in [-0.25, -0.2) is 10.1 Å². The number of imidazole rings is 1. The van der Waals surface area contributed by atoms with Gasteiger partial charge >= 0.3 is 0 Å². The monoisotopic (exact) mass is 407 g/mol. The second kappa shape index (κ2) is 8.48. The molecule has 7 nitrogen and oxygen atoms in total. The predicted molar refractivity (Wildman–Crippen MR) is 116 cm³/mol. The highest BCUT2D eigenvalue weighted by atomic mass is 32.2. The molecule has 4 aromatic rings. The summed E-state index contributed by atoms with van der Waals surface area (Å²) in [6.07, 6.45) is 2.87. The van der Waals surface area contributed by atoms with E-state index in [2.05, 4.69) is 25.5 Å². The van der Waals surface area contributed by atoms with Crippen molar-refractivity contribution in [3.05, 3.63) is 70.4 Å². The van der Waals surface area contributed by atoms with Gasteiger partial charge in [-0.1, -0.05) is 30.3 Å². The molecule has 0 fully saturated rings. The molecule has 0 aliphatic rings. The van der Waals surface area contributed by atoms with Crippen molar-refractivity contribution in [3.63, 3.8) is 0 Å². The van der Waals surface area contributed by atoms with Gasteiger partial charge in [0.1, 0.15) is 5.82 Å². The molecule has 1 unspecified atom stereocenters. The minimum atomic E-state index is -0.259. The predicted octanol–water partition coefficient (Wildman–Crippen LogP) is 2.95. The van der Waals surface area contributed by atoms with Gasteiger partial charge in [-0.3, -0.25) is 9.59 Å². The minimum absolute atomic E-state index is 0.0767. The summed E-state index contributed by atoms with van der Waals surface area (Å²) in [5.41, 5.74) is 2.11. The summed E-state index contributed by atoms with van der Waals surface area (Å²) >= 11 is 1.72. The third-order valence-electron chi connectivity index (χ3n) is 4.79. The molecule has 148 valence electrons. The minimum Gasteiger partial charge on any atom is -0.346 e. The van der Waals surface area contributed by atoms with Crippen LogP contribution in [-0.2, 0) is 11.2 Å². The zero-order valence-electron chi connectivity index (χ0n) is 15.9. The normalized spacial score (nSPS) is 12.3. The molecule has 1 amide bonds. The van der Waals surface area contributed by atoms with E-state index < -0.39 is 0 Å². The zero-order chi connectivity index (χ0) is 20.2. The van der Waals surface area contributed by atoms with E-state index >= 15 is 0 Å². The molecule has 0 aliphatic heterocycles. The summed E-state index contributed by atoms with van der Waals surface area (Å²) in [6, 6.07) is 14.7. The van der Waals surface area contributed by atoms with Gasteiger partial charge in [0.2, 0.25) is 5.91 Å². The van der Waals surface area contributed by atoms with Crippen molar-refractivity contribution in [1.29, 1.82) is 0 Å². The molecule has 0 saturated heterocycles. The summed E-state index contributed by atoms with van der Waals surface area (Å²) in [5.74, 6) is 1.47. The number of H-pyrrole nitrogens is 2. The average Bonchev–Trinajstić information content (AvgIpc) is 3.17. The Morgan fingerprint density at radius 2 is 1.90 bits per heavy atom. The number of aromatic amines is 2. The van der Waals surface area contributed by atoms with Crippen molar-refractivity contribution < 1.29 is 4.79 Å². The lowest BCUT2D eigenvalue weighted by Gasteiger charge is -2.16. The third kappa shape index (κ3) is 4.17. The number of benzene rings is 2. The number of nitrogens with one attached hydrogen (secondary N) is 3. The maximum atomic E-state index is 12.8. The van der Waals surface area contributed by atoms with Gasteiger partial charge in [-0.15, -0.1) is 0 Å². The van der Waals surface area contributed by atoms with Gasteiger partial charge in [0.05, 0.1) is 34.6 Å². The molecule has 0 radical (unpaired) electrons. The van der Waals surface area contributed by atoms with Crippen LogP contribution in [0, 0.1) is 0 Å². The van der Waals surface area contributed by atoms with E-state index in [1.807, 2.05) is 42.7 Å². The first kappa shape index (κ1) is 19.2. The number of rotatable bonds is 7. The summed E-state index contributed by atoms with van der Waals surface area (Å²) in [6.45, 7) is 0. The number of para-hydroxylation sites is 2. The van der Waals surface area contributed by atoms with Crippen molar-refractivity contribution in [2.24, 2.45) is 0 Å². The Morgan fingerprint density at radius 1 is 1.14 bits per heavy atom. The largest absolute Gasteiger partial charge is 0.346 e. The summed E-state index contributed by atoms with van der Waals surface area (Å²) < 4.78 is 0. The first-order chi connectivity index (χ1) is 14.2. The Hall–Kier alpha value is -3.13. The van der Waals surface area contributed by atoms with Crippen LogP contribution in [-0.4, -0.2) is 38.1 Å². The number of hydrogen-bond acceptors (Lipinski definition) is 5. The lowest BCUT2D eigenvalue weighted by molar-refractivity contribution is -0.121. The average molecular weight is 407 g/mol. The number of thioether (sulfide) groups is 1. The second-order valence-electron chi connectivity index (χ2n) is 6.76. The van der Waals surface area contributed by atoms with E-state index in [1.54, 1.807) is 23.9 Å². The van der Waals surface area contributed by atoms with Gasteiger partial charge in [0, 0.05) is 5.39 Å². The van der Waals surface area contributed by atoms with Crippen LogP contribution in [0.2, 0.25) is 0 Å². The van der Waals surface area contributed by atoms with Gasteiger partial charge < -0.3 is 10.3 Å². The number of carbonyl (C=O) groups excluding carboxylic acids is 1. The van der Waals surface area contributed by atoms with Gasteiger partial charge in [0.15, 0.2) is 0 Å². The molecule has 0 aliphatic carbocycles. The highest BCUT2D eigenvalue weighted by molar-refractivity contribution is 7.98. The summed E-state index contributed by atoms with van der Waals surface area (Å²) in [4.78, 5) is 32.7. The van der Waals surface area contributed by atoms with Gasteiger partial charge in [-0.05, 0) is 36.6 Å². The SMILES string of the molecule is CSCCC(NC(=O)Cc1n[nH]c(=O)c2ccccc12)c1nc2ccccc2[nH]1. The van der Waals surface area contributed by atoms with Crippen molar-refractivity contribution in [1.82, 2.24) is 25.5 Å². The van der Waals surface area contributed by atoms with Crippen LogP contribution in [0.25, 0.3) is 21.8 Å². The lowest BCUT2D eigenvalue weighted by Crippen LogP contribution is -2.31. The lowest BCUT2D eigenvalue weighted by atomic mass is 10.1. The molecule has 0 saturated carbocycles. The van der Waals surface area contributed by atoms with Crippen LogP contribution in [0.15, 0.2) is 53.3 Å². The molecule has 0 bridgehead atoms. The smallest absolute Gasteiger partial charge is 0.272 e. The molecule has 2 heterocycles. The van der Waals surface area contributed by atoms with E-state index in [9.17, 15) is 9.59 Å². The highest BCUT2D eigenvalue weighted by Gasteiger charge is 2.19. The molecule has 1 atom stereocenters. The van der Waals surface area contributed by atoms with Crippen molar-refractivity contribution in [2.45, 2.75) is 18.9 Å². The fourth-order valence-electron chi connectivity index (χ4n) is 3.35. The van der Waals surface area contributed by atoms with E-state index in [1.165, 1.54) is 0 Å². The fourth-order valence-corrected chi connectivity index (χ4v) is 3.83. The van der Waals surface area contributed by atoms with Gasteiger partial charge in [-0.2, -0.15) is 16.9 Å². The van der Waals surface area contributed by atoms with Gasteiger partial charge in [0.25, 0.3) is 5.56 Å². The first-order valence-electron chi connectivity index (χ1n) is 9.35. The summed E-state index contributed by atoms with van der Waals surface area (Å²) in [5, 5.41) is 10.9. The van der Waals surface area contributed by atoms with Crippen LogP contribution in [0.4, 0.5) is 0 Å². The molecule has 2 aromatic carbocycles. The van der Waals surface area contributed by atoms with Crippen LogP contribution in [0.5, 0.6) is 0 Å². The number of fused-ring (bicyclic) bond motifs is 2. The van der Waals surface area contributed by atoms with Crippen LogP contribution in [0.1, 0.15) is 24.0 Å². The van der Waals surface area contributed by atoms with Crippen molar-refractivity contribution in [3.8, 4) is 0 Å². The molecule has 8 heteroatoms. The maximum absolute atomic E-state index is 12.8. The number of aromatic nitrogens is 4. The van der Waals surface area contributed by atoms with Crippen molar-refractivity contribution >= 4 is 39.5 Å². The molecule has 2 aromatic heterocycles. The molecular formula is C21H21N5O2S. The van der Waals surface area contributed by atoms with Crippen LogP contribution >= 0.6 is 11.8 Å². The zero-order valence-corrected chi connectivity index (χ0v) is 16.8. The van der Waals surface area contributed by atoms with Crippen LogP contribution < -0.4 is 10.9 Å². The number of hydrogen-bond donors (Lipinski definition) is 3. The van der Waals surface area contributed by atoms with E-state index in [0.717, 1.165) is 29.0 Å². The van der Waals surface area contributed by atoms with Crippen LogP contribution in [0.3, 0.4) is 0 Å². The van der Waals surface area contributed by atoms with E-state index in [0.29, 0.717) is 16.5 Å². The topological polar surface area (TPSA) is 104 Å². The molecule has 3 N–H and O–H groups in total. The molecule has 4 rings (SSSR count). The highest BCUT2D eigenvalue weighted by Crippen LogP contribution is 2.20. The molecule has 0 spiro atoms. The molecule has 29 heavy (non-hydrogen) atoms. The second-order valence-corrected chi connectivity index (χ2v) is 7.75. The van der Waals surface area contributed by atoms with E-state index in [-0.39, 0.29) is 23.9 Å². The number of nitrogens with zero attached hydrogens (tertiary/aromatic N) is 2. The molecular weight excluding hydrogens is 386 g/mol.